The molecule has 1 amide bonds. The van der Waals surface area contributed by atoms with Gasteiger partial charge in [-0.05, 0) is 43.4 Å². The lowest BCUT2D eigenvalue weighted by Gasteiger charge is -2.39. The highest BCUT2D eigenvalue weighted by atomic mass is 19.1. The second-order valence-electron chi connectivity index (χ2n) is 7.20. The maximum Gasteiger partial charge on any atom is 0.231 e. The summed E-state index contributed by atoms with van der Waals surface area (Å²) < 4.78 is 18.9. The Hall–Kier alpha value is -2.24. The van der Waals surface area contributed by atoms with Crippen molar-refractivity contribution in [1.82, 2.24) is 15.0 Å². The van der Waals surface area contributed by atoms with Crippen molar-refractivity contribution in [3.05, 3.63) is 47.4 Å². The van der Waals surface area contributed by atoms with E-state index in [4.69, 9.17) is 9.51 Å². The van der Waals surface area contributed by atoms with Crippen LogP contribution in [0.5, 0.6) is 0 Å². The molecule has 2 aromatic rings. The van der Waals surface area contributed by atoms with Gasteiger partial charge in [-0.2, -0.15) is 4.98 Å². The molecule has 1 unspecified atom stereocenters. The summed E-state index contributed by atoms with van der Waals surface area (Å²) in [6.45, 7) is 3.03. The molecule has 1 aliphatic heterocycles. The first-order valence-corrected chi connectivity index (χ1v) is 8.94. The molecule has 2 heterocycles. The van der Waals surface area contributed by atoms with Gasteiger partial charge in [0.1, 0.15) is 5.82 Å². The fourth-order valence-corrected chi connectivity index (χ4v) is 4.00. The van der Waals surface area contributed by atoms with Crippen molar-refractivity contribution in [1.29, 1.82) is 0 Å². The van der Waals surface area contributed by atoms with Gasteiger partial charge in [0.25, 0.3) is 0 Å². The SMILES string of the molecule is CC(=O)N1CCCC(c2nc(C3(c4ccc(F)cc4)CCC3)no2)C1. The van der Waals surface area contributed by atoms with Crippen molar-refractivity contribution in [3.8, 4) is 0 Å². The first kappa shape index (κ1) is 16.2. The Labute approximate surface area is 146 Å². The molecule has 1 aromatic heterocycles. The Morgan fingerprint density at radius 2 is 2.04 bits per heavy atom. The summed E-state index contributed by atoms with van der Waals surface area (Å²) >= 11 is 0. The monoisotopic (exact) mass is 343 g/mol. The fourth-order valence-electron chi connectivity index (χ4n) is 4.00. The summed E-state index contributed by atoms with van der Waals surface area (Å²) in [7, 11) is 0. The molecule has 1 atom stereocenters. The average molecular weight is 343 g/mol. The van der Waals surface area contributed by atoms with E-state index in [1.54, 1.807) is 6.92 Å². The number of hydrogen-bond acceptors (Lipinski definition) is 4. The molecule has 0 radical (unpaired) electrons. The zero-order chi connectivity index (χ0) is 17.4. The predicted molar refractivity (Wildman–Crippen MR) is 89.6 cm³/mol. The van der Waals surface area contributed by atoms with Crippen LogP contribution in [0, 0.1) is 5.82 Å². The van der Waals surface area contributed by atoms with Crippen LogP contribution < -0.4 is 0 Å². The second kappa shape index (κ2) is 6.24. The van der Waals surface area contributed by atoms with Gasteiger partial charge in [-0.3, -0.25) is 4.79 Å². The van der Waals surface area contributed by atoms with Crippen molar-refractivity contribution in [2.24, 2.45) is 0 Å². The Balaban J connectivity index is 1.59. The number of nitrogens with zero attached hydrogens (tertiary/aromatic N) is 3. The highest BCUT2D eigenvalue weighted by molar-refractivity contribution is 5.73. The third-order valence-electron chi connectivity index (χ3n) is 5.69. The van der Waals surface area contributed by atoms with Crippen molar-refractivity contribution < 1.29 is 13.7 Å². The van der Waals surface area contributed by atoms with E-state index in [1.807, 2.05) is 17.0 Å². The number of amides is 1. The van der Waals surface area contributed by atoms with Gasteiger partial charge in [0, 0.05) is 20.0 Å². The van der Waals surface area contributed by atoms with Crippen molar-refractivity contribution >= 4 is 5.91 Å². The minimum absolute atomic E-state index is 0.0891. The fraction of sp³-hybridized carbons (Fsp3) is 0.526. The molecule has 132 valence electrons. The molecule has 1 aliphatic carbocycles. The number of benzene rings is 1. The molecule has 5 nitrogen and oxygen atoms in total. The van der Waals surface area contributed by atoms with Crippen LogP contribution in [0.1, 0.15) is 62.2 Å². The summed E-state index contributed by atoms with van der Waals surface area (Å²) in [5, 5.41) is 4.27. The first-order valence-electron chi connectivity index (χ1n) is 8.94. The Morgan fingerprint density at radius 1 is 1.28 bits per heavy atom. The minimum atomic E-state index is -0.260. The van der Waals surface area contributed by atoms with Crippen molar-refractivity contribution in [3.63, 3.8) is 0 Å². The molecule has 2 aliphatic rings. The highest BCUT2D eigenvalue weighted by Gasteiger charge is 2.45. The van der Waals surface area contributed by atoms with Crippen molar-refractivity contribution in [2.75, 3.05) is 13.1 Å². The van der Waals surface area contributed by atoms with Crippen LogP contribution in [-0.4, -0.2) is 34.0 Å². The van der Waals surface area contributed by atoms with Gasteiger partial charge in [0.15, 0.2) is 5.82 Å². The van der Waals surface area contributed by atoms with E-state index in [9.17, 15) is 9.18 Å². The van der Waals surface area contributed by atoms with Gasteiger partial charge in [-0.15, -0.1) is 0 Å². The number of carbonyl (C=O) groups is 1. The van der Waals surface area contributed by atoms with Crippen molar-refractivity contribution in [2.45, 2.75) is 50.4 Å². The molecule has 2 fully saturated rings. The van der Waals surface area contributed by atoms with Gasteiger partial charge < -0.3 is 9.42 Å². The Kier molecular flexibility index (Phi) is 4.06. The Bertz CT molecular complexity index is 767. The van der Waals surface area contributed by atoms with Gasteiger partial charge in [-0.1, -0.05) is 23.7 Å². The van der Waals surface area contributed by atoms with Gasteiger partial charge in [0.2, 0.25) is 11.8 Å². The number of halogens is 1. The number of rotatable bonds is 3. The lowest BCUT2D eigenvalue weighted by molar-refractivity contribution is -0.130. The third-order valence-corrected chi connectivity index (χ3v) is 5.69. The highest BCUT2D eigenvalue weighted by Crippen LogP contribution is 2.48. The molecule has 6 heteroatoms. The smallest absolute Gasteiger partial charge is 0.231 e. The molecule has 0 bridgehead atoms. The van der Waals surface area contributed by atoms with Crippen LogP contribution in [-0.2, 0) is 10.2 Å². The number of carbonyl (C=O) groups excluding carboxylic acids is 1. The van der Waals surface area contributed by atoms with Crippen LogP contribution in [0.25, 0.3) is 0 Å². The van der Waals surface area contributed by atoms with E-state index in [0.717, 1.165) is 44.2 Å². The summed E-state index contributed by atoms with van der Waals surface area (Å²) in [4.78, 5) is 18.2. The molecule has 1 aromatic carbocycles. The maximum absolute atomic E-state index is 13.3. The van der Waals surface area contributed by atoms with Crippen LogP contribution in [0.4, 0.5) is 4.39 Å². The van der Waals surface area contributed by atoms with E-state index in [0.29, 0.717) is 18.3 Å². The second-order valence-corrected chi connectivity index (χ2v) is 7.20. The van der Waals surface area contributed by atoms with Crippen LogP contribution in [0.15, 0.2) is 28.8 Å². The van der Waals surface area contributed by atoms with E-state index >= 15 is 0 Å². The molecule has 4 rings (SSSR count). The summed E-state index contributed by atoms with van der Waals surface area (Å²) in [6, 6.07) is 6.62. The molecule has 0 spiro atoms. The lowest BCUT2D eigenvalue weighted by atomic mass is 9.64. The normalized spacial score (nSPS) is 22.5. The van der Waals surface area contributed by atoms with E-state index in [2.05, 4.69) is 5.16 Å². The number of aromatic nitrogens is 2. The number of likely N-dealkylation sites (tertiary alicyclic amines) is 1. The topological polar surface area (TPSA) is 59.2 Å². The lowest BCUT2D eigenvalue weighted by Crippen LogP contribution is -2.38. The zero-order valence-corrected chi connectivity index (χ0v) is 14.4. The van der Waals surface area contributed by atoms with Crippen LogP contribution >= 0.6 is 0 Å². The van der Waals surface area contributed by atoms with E-state index in [-0.39, 0.29) is 23.1 Å². The number of piperidine rings is 1. The van der Waals surface area contributed by atoms with E-state index in [1.165, 1.54) is 12.1 Å². The maximum atomic E-state index is 13.3. The summed E-state index contributed by atoms with van der Waals surface area (Å²) in [5.74, 6) is 1.27. The Morgan fingerprint density at radius 3 is 2.68 bits per heavy atom. The first-order chi connectivity index (χ1) is 12.1. The third kappa shape index (κ3) is 2.83. The van der Waals surface area contributed by atoms with Gasteiger partial charge in [0.05, 0.1) is 11.3 Å². The predicted octanol–water partition coefficient (Wildman–Crippen LogP) is 3.40. The quantitative estimate of drug-likeness (QED) is 0.857. The largest absolute Gasteiger partial charge is 0.342 e. The molecule has 1 saturated heterocycles. The molecular formula is C19H22FN3O2. The van der Waals surface area contributed by atoms with Crippen LogP contribution in [0.3, 0.4) is 0 Å². The standard InChI is InChI=1S/C19H22FN3O2/c1-13(24)23-11-2-4-14(12-23)17-21-18(22-25-17)19(9-3-10-19)15-5-7-16(20)8-6-15/h5-8,14H,2-4,9-12H2,1H3. The molecule has 1 saturated carbocycles. The van der Waals surface area contributed by atoms with Gasteiger partial charge in [-0.25, -0.2) is 4.39 Å². The van der Waals surface area contributed by atoms with Gasteiger partial charge >= 0.3 is 0 Å². The zero-order valence-electron chi connectivity index (χ0n) is 14.4. The summed E-state index contributed by atoms with van der Waals surface area (Å²) in [6.07, 6.45) is 4.90. The van der Waals surface area contributed by atoms with Crippen LogP contribution in [0.2, 0.25) is 0 Å². The molecule has 0 N–H and O–H groups in total. The minimum Gasteiger partial charge on any atom is -0.342 e. The van der Waals surface area contributed by atoms with E-state index < -0.39 is 0 Å². The average Bonchev–Trinajstić information content (AvgIpc) is 3.06. The summed E-state index contributed by atoms with van der Waals surface area (Å²) in [5.41, 5.74) is 0.784. The molecule has 25 heavy (non-hydrogen) atoms. The number of hydrogen-bond donors (Lipinski definition) is 0. The molecular weight excluding hydrogens is 321 g/mol.